The van der Waals surface area contributed by atoms with E-state index in [1.165, 1.54) is 45.2 Å². The van der Waals surface area contributed by atoms with E-state index in [-0.39, 0.29) is 6.04 Å². The van der Waals surface area contributed by atoms with E-state index in [1.807, 2.05) is 0 Å². The second kappa shape index (κ2) is 7.55. The van der Waals surface area contributed by atoms with Gasteiger partial charge in [-0.05, 0) is 52.1 Å². The van der Waals surface area contributed by atoms with E-state index in [2.05, 4.69) is 33.8 Å². The summed E-state index contributed by atoms with van der Waals surface area (Å²) >= 11 is 0. The van der Waals surface area contributed by atoms with Crippen LogP contribution in [-0.2, 0) is 6.42 Å². The predicted octanol–water partition coefficient (Wildman–Crippen LogP) is 3.03. The Labute approximate surface area is 134 Å². The first-order valence-corrected chi connectivity index (χ1v) is 9.08. The molecule has 0 amide bonds. The standard InChI is InChI=1S/C17H30N4O/c1-3-7-16-18-17(22-19-16)14(2)20-12-8-15(9-13-20)21-10-5-4-6-11-21/h14-15H,3-13H2,1-2H3/t14-/m0/s1. The summed E-state index contributed by atoms with van der Waals surface area (Å²) in [6.45, 7) is 9.26. The van der Waals surface area contributed by atoms with Crippen molar-refractivity contribution in [2.45, 2.75) is 70.9 Å². The zero-order valence-electron chi connectivity index (χ0n) is 14.1. The third-order valence-corrected chi connectivity index (χ3v) is 5.27. The Morgan fingerprint density at radius 2 is 1.86 bits per heavy atom. The highest BCUT2D eigenvalue weighted by molar-refractivity contribution is 4.94. The van der Waals surface area contributed by atoms with Gasteiger partial charge < -0.3 is 9.42 Å². The zero-order chi connectivity index (χ0) is 15.4. The molecule has 1 aromatic heterocycles. The van der Waals surface area contributed by atoms with Gasteiger partial charge >= 0.3 is 0 Å². The second-order valence-corrected chi connectivity index (χ2v) is 6.84. The van der Waals surface area contributed by atoms with Crippen LogP contribution in [0.25, 0.3) is 0 Å². The molecule has 0 aliphatic carbocycles. The summed E-state index contributed by atoms with van der Waals surface area (Å²) < 4.78 is 5.46. The predicted molar refractivity (Wildman–Crippen MR) is 86.7 cm³/mol. The van der Waals surface area contributed by atoms with Gasteiger partial charge in [-0.15, -0.1) is 0 Å². The third-order valence-electron chi connectivity index (χ3n) is 5.27. The van der Waals surface area contributed by atoms with Crippen molar-refractivity contribution in [1.29, 1.82) is 0 Å². The van der Waals surface area contributed by atoms with Crippen molar-refractivity contribution >= 4 is 0 Å². The lowest BCUT2D eigenvalue weighted by molar-refractivity contribution is 0.0677. The molecule has 0 bridgehead atoms. The average Bonchev–Trinajstić information content (AvgIpc) is 3.04. The van der Waals surface area contributed by atoms with Crippen LogP contribution in [0.4, 0.5) is 0 Å². The molecular weight excluding hydrogens is 276 g/mol. The Hall–Kier alpha value is -0.940. The molecule has 2 saturated heterocycles. The molecule has 3 rings (SSSR count). The number of piperidine rings is 2. The molecule has 5 nitrogen and oxygen atoms in total. The summed E-state index contributed by atoms with van der Waals surface area (Å²) in [6.07, 6.45) is 8.73. The Kier molecular flexibility index (Phi) is 5.47. The minimum atomic E-state index is 0.250. The summed E-state index contributed by atoms with van der Waals surface area (Å²) in [4.78, 5) is 9.78. The van der Waals surface area contributed by atoms with Gasteiger partial charge in [-0.25, -0.2) is 0 Å². The zero-order valence-corrected chi connectivity index (χ0v) is 14.1. The molecule has 0 saturated carbocycles. The minimum Gasteiger partial charge on any atom is -0.338 e. The number of aryl methyl sites for hydroxylation is 1. The van der Waals surface area contributed by atoms with Crippen LogP contribution in [-0.4, -0.2) is 52.2 Å². The van der Waals surface area contributed by atoms with E-state index in [1.54, 1.807) is 0 Å². The Morgan fingerprint density at radius 3 is 2.55 bits per heavy atom. The molecule has 2 fully saturated rings. The van der Waals surface area contributed by atoms with Gasteiger partial charge in [-0.2, -0.15) is 4.98 Å². The van der Waals surface area contributed by atoms with Crippen molar-refractivity contribution < 1.29 is 4.52 Å². The van der Waals surface area contributed by atoms with E-state index in [4.69, 9.17) is 4.52 Å². The van der Waals surface area contributed by atoms with Crippen LogP contribution in [0, 0.1) is 0 Å². The fraction of sp³-hybridized carbons (Fsp3) is 0.882. The van der Waals surface area contributed by atoms with Crippen LogP contribution in [0.5, 0.6) is 0 Å². The largest absolute Gasteiger partial charge is 0.338 e. The maximum atomic E-state index is 5.46. The second-order valence-electron chi connectivity index (χ2n) is 6.84. The molecule has 3 heterocycles. The number of hydrogen-bond donors (Lipinski definition) is 0. The van der Waals surface area contributed by atoms with Crippen molar-refractivity contribution in [1.82, 2.24) is 19.9 Å². The van der Waals surface area contributed by atoms with E-state index < -0.39 is 0 Å². The van der Waals surface area contributed by atoms with Gasteiger partial charge in [0.25, 0.3) is 0 Å². The summed E-state index contributed by atoms with van der Waals surface area (Å²) in [7, 11) is 0. The maximum absolute atomic E-state index is 5.46. The van der Waals surface area contributed by atoms with Crippen molar-refractivity contribution in [3.8, 4) is 0 Å². The summed E-state index contributed by atoms with van der Waals surface area (Å²) in [5.41, 5.74) is 0. The average molecular weight is 306 g/mol. The van der Waals surface area contributed by atoms with Gasteiger partial charge in [0.1, 0.15) is 0 Å². The van der Waals surface area contributed by atoms with E-state index in [0.717, 1.165) is 43.7 Å². The van der Waals surface area contributed by atoms with Crippen LogP contribution >= 0.6 is 0 Å². The maximum Gasteiger partial charge on any atom is 0.243 e. The van der Waals surface area contributed by atoms with Crippen LogP contribution in [0.1, 0.15) is 70.1 Å². The first-order valence-electron chi connectivity index (χ1n) is 9.08. The molecule has 2 aliphatic rings. The van der Waals surface area contributed by atoms with Crippen LogP contribution in [0.15, 0.2) is 4.52 Å². The van der Waals surface area contributed by atoms with E-state index in [9.17, 15) is 0 Å². The highest BCUT2D eigenvalue weighted by Gasteiger charge is 2.29. The smallest absolute Gasteiger partial charge is 0.243 e. The number of likely N-dealkylation sites (tertiary alicyclic amines) is 2. The quantitative estimate of drug-likeness (QED) is 0.836. The van der Waals surface area contributed by atoms with Gasteiger partial charge in [0.15, 0.2) is 5.82 Å². The molecule has 1 aromatic rings. The van der Waals surface area contributed by atoms with E-state index in [0.29, 0.717) is 0 Å². The van der Waals surface area contributed by atoms with Gasteiger partial charge in [0.05, 0.1) is 6.04 Å². The van der Waals surface area contributed by atoms with Crippen molar-refractivity contribution in [2.24, 2.45) is 0 Å². The lowest BCUT2D eigenvalue weighted by atomic mass is 9.99. The monoisotopic (exact) mass is 306 g/mol. The highest BCUT2D eigenvalue weighted by atomic mass is 16.5. The van der Waals surface area contributed by atoms with Gasteiger partial charge in [-0.1, -0.05) is 18.5 Å². The number of rotatable bonds is 5. The van der Waals surface area contributed by atoms with Crippen LogP contribution in [0.3, 0.4) is 0 Å². The normalized spacial score (nSPS) is 23.7. The minimum absolute atomic E-state index is 0.250. The summed E-state index contributed by atoms with van der Waals surface area (Å²) in [6, 6.07) is 1.04. The lowest BCUT2D eigenvalue weighted by Gasteiger charge is -2.41. The molecule has 124 valence electrons. The molecule has 2 aliphatic heterocycles. The number of nitrogens with zero attached hydrogens (tertiary/aromatic N) is 4. The lowest BCUT2D eigenvalue weighted by Crippen LogP contribution is -2.47. The van der Waals surface area contributed by atoms with Gasteiger partial charge in [-0.3, -0.25) is 4.90 Å². The van der Waals surface area contributed by atoms with Crippen molar-refractivity contribution in [3.05, 3.63) is 11.7 Å². The molecule has 0 spiro atoms. The molecule has 0 N–H and O–H groups in total. The van der Waals surface area contributed by atoms with E-state index >= 15 is 0 Å². The molecule has 0 aromatic carbocycles. The number of aromatic nitrogens is 2. The highest BCUT2D eigenvalue weighted by Crippen LogP contribution is 2.26. The van der Waals surface area contributed by atoms with Crippen molar-refractivity contribution in [2.75, 3.05) is 26.2 Å². The Balaban J connectivity index is 1.51. The molecular formula is C17H30N4O. The first-order chi connectivity index (χ1) is 10.8. The van der Waals surface area contributed by atoms with Crippen molar-refractivity contribution in [3.63, 3.8) is 0 Å². The fourth-order valence-corrected chi connectivity index (χ4v) is 3.84. The molecule has 22 heavy (non-hydrogen) atoms. The summed E-state index contributed by atoms with van der Waals surface area (Å²) in [5, 5.41) is 4.09. The fourth-order valence-electron chi connectivity index (χ4n) is 3.84. The first kappa shape index (κ1) is 15.9. The molecule has 5 heteroatoms. The Morgan fingerprint density at radius 1 is 1.14 bits per heavy atom. The SMILES string of the molecule is CCCc1noc([C@H](C)N2CCC(N3CCCCC3)CC2)n1. The topological polar surface area (TPSA) is 45.4 Å². The summed E-state index contributed by atoms with van der Waals surface area (Å²) in [5.74, 6) is 1.65. The molecule has 1 atom stereocenters. The Bertz CT molecular complexity index is 447. The third kappa shape index (κ3) is 3.69. The van der Waals surface area contributed by atoms with Crippen LogP contribution < -0.4 is 0 Å². The van der Waals surface area contributed by atoms with Gasteiger partial charge in [0, 0.05) is 25.6 Å². The van der Waals surface area contributed by atoms with Gasteiger partial charge in [0.2, 0.25) is 5.89 Å². The molecule has 0 radical (unpaired) electrons. The number of hydrogen-bond acceptors (Lipinski definition) is 5. The van der Waals surface area contributed by atoms with Crippen LogP contribution in [0.2, 0.25) is 0 Å². The molecule has 0 unspecified atom stereocenters.